The highest BCUT2D eigenvalue weighted by atomic mass is 79.9. The molecule has 2 fully saturated rings. The van der Waals surface area contributed by atoms with Crippen molar-refractivity contribution in [3.8, 4) is 0 Å². The van der Waals surface area contributed by atoms with Gasteiger partial charge in [0, 0.05) is 28.8 Å². The van der Waals surface area contributed by atoms with E-state index in [9.17, 15) is 0 Å². The average molecular weight is 311 g/mol. The number of hydrogen-bond acceptors (Lipinski definition) is 3. The van der Waals surface area contributed by atoms with Crippen LogP contribution in [0.5, 0.6) is 0 Å². The lowest BCUT2D eigenvalue weighted by Crippen LogP contribution is -2.40. The number of hydrogen-bond donors (Lipinski definition) is 1. The van der Waals surface area contributed by atoms with Crippen molar-refractivity contribution in [2.75, 3.05) is 7.05 Å². The summed E-state index contributed by atoms with van der Waals surface area (Å²) in [7, 11) is 2.06. The third-order valence-corrected chi connectivity index (χ3v) is 4.69. The second-order valence-corrected chi connectivity index (χ2v) is 6.30. The van der Waals surface area contributed by atoms with Crippen LogP contribution < -0.4 is 5.32 Å². The first-order valence-electron chi connectivity index (χ1n) is 6.68. The van der Waals surface area contributed by atoms with Gasteiger partial charge in [-0.25, -0.2) is 0 Å². The summed E-state index contributed by atoms with van der Waals surface area (Å²) in [5.41, 5.74) is 1.28. The van der Waals surface area contributed by atoms with Crippen LogP contribution in [0.25, 0.3) is 0 Å². The van der Waals surface area contributed by atoms with E-state index >= 15 is 0 Å². The molecular formula is C14H19BrN2O. The molecule has 2 aliphatic heterocycles. The third-order valence-electron chi connectivity index (χ3n) is 4.26. The third kappa shape index (κ3) is 2.46. The smallest absolute Gasteiger partial charge is 0.0623 e. The first kappa shape index (κ1) is 12.6. The largest absolute Gasteiger partial charge is 0.375 e. The Morgan fingerprint density at radius 3 is 3.00 bits per heavy atom. The molecule has 0 aliphatic carbocycles. The summed E-state index contributed by atoms with van der Waals surface area (Å²) in [5, 5.41) is 3.47. The van der Waals surface area contributed by atoms with Crippen LogP contribution in [-0.4, -0.2) is 30.3 Å². The van der Waals surface area contributed by atoms with Crippen LogP contribution >= 0.6 is 15.9 Å². The van der Waals surface area contributed by atoms with Gasteiger partial charge in [-0.15, -0.1) is 0 Å². The molecule has 1 aromatic heterocycles. The molecule has 0 radical (unpaired) electrons. The number of likely N-dealkylation sites (N-methyl/N-ethyl adjacent to an activating group) is 1. The van der Waals surface area contributed by atoms with Gasteiger partial charge in [0.2, 0.25) is 0 Å². The van der Waals surface area contributed by atoms with Crippen molar-refractivity contribution in [2.45, 2.75) is 43.9 Å². The number of rotatable bonds is 4. The number of ether oxygens (including phenoxy) is 1. The van der Waals surface area contributed by atoms with Crippen molar-refractivity contribution in [2.24, 2.45) is 5.92 Å². The molecule has 18 heavy (non-hydrogen) atoms. The normalized spacial score (nSPS) is 31.8. The predicted molar refractivity (Wildman–Crippen MR) is 74.5 cm³/mol. The SMILES string of the molecule is CNC(Cc1cncc(Br)c1)C1CC2CCC1O2. The molecule has 3 heterocycles. The first-order chi connectivity index (χ1) is 8.76. The fourth-order valence-electron chi connectivity index (χ4n) is 3.39. The van der Waals surface area contributed by atoms with Crippen LogP contribution in [0.4, 0.5) is 0 Å². The fraction of sp³-hybridized carbons (Fsp3) is 0.643. The molecular weight excluding hydrogens is 292 g/mol. The maximum absolute atomic E-state index is 5.96. The van der Waals surface area contributed by atoms with Gasteiger partial charge in [0.05, 0.1) is 12.2 Å². The summed E-state index contributed by atoms with van der Waals surface area (Å²) in [6.07, 6.45) is 9.55. The minimum atomic E-state index is 0.479. The van der Waals surface area contributed by atoms with Gasteiger partial charge < -0.3 is 10.1 Å². The van der Waals surface area contributed by atoms with Crippen molar-refractivity contribution in [3.05, 3.63) is 28.5 Å². The van der Waals surface area contributed by atoms with Crippen molar-refractivity contribution < 1.29 is 4.74 Å². The van der Waals surface area contributed by atoms with Crippen LogP contribution in [0, 0.1) is 5.92 Å². The molecule has 0 saturated carbocycles. The minimum absolute atomic E-state index is 0.479. The van der Waals surface area contributed by atoms with Crippen molar-refractivity contribution >= 4 is 15.9 Å². The van der Waals surface area contributed by atoms with E-state index in [-0.39, 0.29) is 0 Å². The van der Waals surface area contributed by atoms with Gasteiger partial charge in [-0.2, -0.15) is 0 Å². The molecule has 2 bridgehead atoms. The van der Waals surface area contributed by atoms with Gasteiger partial charge in [-0.1, -0.05) is 0 Å². The lowest BCUT2D eigenvalue weighted by molar-refractivity contribution is 0.0863. The fourth-order valence-corrected chi connectivity index (χ4v) is 3.80. The van der Waals surface area contributed by atoms with E-state index in [2.05, 4.69) is 39.3 Å². The molecule has 4 unspecified atom stereocenters. The lowest BCUT2D eigenvalue weighted by atomic mass is 9.81. The zero-order valence-electron chi connectivity index (χ0n) is 10.6. The number of nitrogens with one attached hydrogen (secondary N) is 1. The zero-order valence-corrected chi connectivity index (χ0v) is 12.2. The van der Waals surface area contributed by atoms with Crippen molar-refractivity contribution in [3.63, 3.8) is 0 Å². The summed E-state index contributed by atoms with van der Waals surface area (Å²) in [6.45, 7) is 0. The van der Waals surface area contributed by atoms with Gasteiger partial charge in [-0.05, 0) is 60.3 Å². The summed E-state index contributed by atoms with van der Waals surface area (Å²) in [6, 6.07) is 2.65. The summed E-state index contributed by atoms with van der Waals surface area (Å²) in [4.78, 5) is 4.24. The molecule has 3 nitrogen and oxygen atoms in total. The molecule has 1 aromatic rings. The van der Waals surface area contributed by atoms with E-state index in [1.807, 2.05) is 12.4 Å². The summed E-state index contributed by atoms with van der Waals surface area (Å²) in [5.74, 6) is 0.660. The summed E-state index contributed by atoms with van der Waals surface area (Å²) < 4.78 is 7.02. The Morgan fingerprint density at radius 1 is 1.50 bits per heavy atom. The van der Waals surface area contributed by atoms with E-state index in [1.54, 1.807) is 0 Å². The Morgan fingerprint density at radius 2 is 2.39 bits per heavy atom. The Bertz CT molecular complexity index is 426. The van der Waals surface area contributed by atoms with Gasteiger partial charge in [0.15, 0.2) is 0 Å². The van der Waals surface area contributed by atoms with Crippen molar-refractivity contribution in [1.82, 2.24) is 10.3 Å². The topological polar surface area (TPSA) is 34.2 Å². The molecule has 2 aliphatic rings. The van der Waals surface area contributed by atoms with Gasteiger partial charge in [-0.3, -0.25) is 4.98 Å². The predicted octanol–water partition coefficient (Wildman–Crippen LogP) is 2.54. The standard InChI is InChI=1S/C14H19BrN2O/c1-16-13(5-9-4-10(15)8-17-7-9)12-6-11-2-3-14(12)18-11/h4,7-8,11-14,16H,2-3,5-6H2,1H3. The number of aromatic nitrogens is 1. The van der Waals surface area contributed by atoms with Gasteiger partial charge in [0.25, 0.3) is 0 Å². The van der Waals surface area contributed by atoms with E-state index < -0.39 is 0 Å². The van der Waals surface area contributed by atoms with Crippen LogP contribution in [0.3, 0.4) is 0 Å². The highest BCUT2D eigenvalue weighted by Crippen LogP contribution is 2.40. The molecule has 0 aromatic carbocycles. The molecule has 0 spiro atoms. The Balaban J connectivity index is 1.69. The highest BCUT2D eigenvalue weighted by molar-refractivity contribution is 9.10. The summed E-state index contributed by atoms with van der Waals surface area (Å²) >= 11 is 3.48. The zero-order chi connectivity index (χ0) is 12.5. The van der Waals surface area contributed by atoms with E-state index in [0.717, 1.165) is 10.9 Å². The Kier molecular flexibility index (Phi) is 3.68. The Labute approximate surface area is 116 Å². The monoisotopic (exact) mass is 310 g/mol. The van der Waals surface area contributed by atoms with Crippen LogP contribution in [-0.2, 0) is 11.2 Å². The van der Waals surface area contributed by atoms with Gasteiger partial charge >= 0.3 is 0 Å². The number of halogens is 1. The van der Waals surface area contributed by atoms with E-state index in [1.165, 1.54) is 24.8 Å². The molecule has 3 rings (SSSR count). The average Bonchev–Trinajstić information content (AvgIpc) is 2.98. The molecule has 2 saturated heterocycles. The molecule has 4 atom stereocenters. The molecule has 1 N–H and O–H groups in total. The maximum Gasteiger partial charge on any atom is 0.0623 e. The number of nitrogens with zero attached hydrogens (tertiary/aromatic N) is 1. The number of pyridine rings is 1. The Hall–Kier alpha value is -0.450. The second-order valence-electron chi connectivity index (χ2n) is 5.38. The maximum atomic E-state index is 5.96. The quantitative estimate of drug-likeness (QED) is 0.928. The molecule has 4 heteroatoms. The first-order valence-corrected chi connectivity index (χ1v) is 7.47. The van der Waals surface area contributed by atoms with E-state index in [0.29, 0.717) is 24.2 Å². The van der Waals surface area contributed by atoms with E-state index in [4.69, 9.17) is 4.74 Å². The highest BCUT2D eigenvalue weighted by Gasteiger charge is 2.43. The molecule has 98 valence electrons. The van der Waals surface area contributed by atoms with Crippen molar-refractivity contribution in [1.29, 1.82) is 0 Å². The van der Waals surface area contributed by atoms with Gasteiger partial charge in [0.1, 0.15) is 0 Å². The molecule has 0 amide bonds. The second kappa shape index (κ2) is 5.27. The van der Waals surface area contributed by atoms with Crippen LogP contribution in [0.2, 0.25) is 0 Å². The minimum Gasteiger partial charge on any atom is -0.375 e. The van der Waals surface area contributed by atoms with Crippen LogP contribution in [0.1, 0.15) is 24.8 Å². The number of fused-ring (bicyclic) bond motifs is 2. The lowest BCUT2D eigenvalue weighted by Gasteiger charge is -2.28. The van der Waals surface area contributed by atoms with Crippen LogP contribution in [0.15, 0.2) is 22.9 Å².